The van der Waals surface area contributed by atoms with Crippen LogP contribution in [0, 0.1) is 0 Å². The van der Waals surface area contributed by atoms with Crippen LogP contribution in [-0.4, -0.2) is 38.1 Å². The van der Waals surface area contributed by atoms with Crippen molar-refractivity contribution in [3.05, 3.63) is 0 Å². The Morgan fingerprint density at radius 3 is 2.47 bits per heavy atom. The van der Waals surface area contributed by atoms with Crippen LogP contribution in [0.15, 0.2) is 0 Å². The molecule has 0 aromatic carbocycles. The number of ether oxygens (including phenoxy) is 3. The minimum atomic E-state index is -0.772. The minimum Gasteiger partial charge on any atom is -0.447 e. The van der Waals surface area contributed by atoms with Crippen LogP contribution in [0.3, 0.4) is 0 Å². The Labute approximate surface area is 90.9 Å². The van der Waals surface area contributed by atoms with E-state index in [4.69, 9.17) is 15.2 Å². The van der Waals surface area contributed by atoms with Gasteiger partial charge in [-0.2, -0.15) is 0 Å². The summed E-state index contributed by atoms with van der Waals surface area (Å²) < 4.78 is 15.3. The van der Waals surface area contributed by atoms with Gasteiger partial charge in [-0.1, -0.05) is 0 Å². The number of carbonyl (C=O) groups is 1. The van der Waals surface area contributed by atoms with E-state index in [1.165, 1.54) is 0 Å². The predicted octanol–water partition coefficient (Wildman–Crippen LogP) is 1.30. The van der Waals surface area contributed by atoms with Crippen molar-refractivity contribution >= 4 is 6.09 Å². The molecule has 0 atom stereocenters. The van der Waals surface area contributed by atoms with Gasteiger partial charge in [0.2, 0.25) is 0 Å². The summed E-state index contributed by atoms with van der Waals surface area (Å²) in [6.07, 6.45) is 0.0305. The van der Waals surface area contributed by atoms with Crippen LogP contribution >= 0.6 is 0 Å². The molecule has 0 aromatic rings. The molecule has 15 heavy (non-hydrogen) atoms. The molecule has 0 aliphatic heterocycles. The van der Waals surface area contributed by atoms with Gasteiger partial charge >= 0.3 is 6.09 Å². The number of nitrogens with two attached hydrogens (primary N) is 1. The highest BCUT2D eigenvalue weighted by atomic mass is 16.6. The zero-order valence-corrected chi connectivity index (χ0v) is 9.75. The molecule has 2 N–H and O–H groups in total. The average Bonchev–Trinajstić information content (AvgIpc) is 2.13. The van der Waals surface area contributed by atoms with E-state index in [0.717, 1.165) is 6.42 Å². The molecule has 0 aromatic heterocycles. The van der Waals surface area contributed by atoms with E-state index in [-0.39, 0.29) is 12.2 Å². The molecule has 5 nitrogen and oxygen atoms in total. The maximum Gasteiger partial charge on any atom is 0.404 e. The molecule has 0 saturated heterocycles. The van der Waals surface area contributed by atoms with Crippen LogP contribution in [-0.2, 0) is 14.2 Å². The summed E-state index contributed by atoms with van der Waals surface area (Å²) in [7, 11) is 0. The van der Waals surface area contributed by atoms with Gasteiger partial charge in [0.25, 0.3) is 0 Å². The van der Waals surface area contributed by atoms with Crippen molar-refractivity contribution in [3.63, 3.8) is 0 Å². The molecule has 0 unspecified atom stereocenters. The molecule has 0 spiro atoms. The van der Waals surface area contributed by atoms with E-state index in [1.807, 2.05) is 20.8 Å². The third kappa shape index (κ3) is 9.49. The summed E-state index contributed by atoms with van der Waals surface area (Å²) in [5, 5.41) is 0. The van der Waals surface area contributed by atoms with E-state index >= 15 is 0 Å². The number of carbonyl (C=O) groups excluding carboxylic acids is 1. The van der Waals surface area contributed by atoms with Crippen molar-refractivity contribution in [3.8, 4) is 0 Å². The fraction of sp³-hybridized carbons (Fsp3) is 0.900. The van der Waals surface area contributed by atoms with Crippen LogP contribution in [0.25, 0.3) is 0 Å². The summed E-state index contributed by atoms with van der Waals surface area (Å²) in [6.45, 7) is 7.80. The Balaban J connectivity index is 3.50. The van der Waals surface area contributed by atoms with Crippen molar-refractivity contribution in [2.45, 2.75) is 32.8 Å². The van der Waals surface area contributed by atoms with Crippen LogP contribution < -0.4 is 5.73 Å². The highest BCUT2D eigenvalue weighted by molar-refractivity contribution is 5.64. The van der Waals surface area contributed by atoms with Gasteiger partial charge < -0.3 is 19.9 Å². The quantitative estimate of drug-likeness (QED) is 0.625. The summed E-state index contributed by atoms with van der Waals surface area (Å²) in [5.74, 6) is 0. The van der Waals surface area contributed by atoms with Crippen LogP contribution in [0.4, 0.5) is 4.79 Å². The maximum atomic E-state index is 10.3. The molecule has 0 aliphatic rings. The molecule has 0 bridgehead atoms. The van der Waals surface area contributed by atoms with Crippen molar-refractivity contribution in [2.24, 2.45) is 5.73 Å². The van der Waals surface area contributed by atoms with Gasteiger partial charge in [-0.3, -0.25) is 0 Å². The molecule has 0 rings (SSSR count). The van der Waals surface area contributed by atoms with Gasteiger partial charge in [0.05, 0.1) is 12.2 Å². The maximum absolute atomic E-state index is 10.3. The van der Waals surface area contributed by atoms with Crippen LogP contribution in [0.5, 0.6) is 0 Å². The van der Waals surface area contributed by atoms with Gasteiger partial charge in [-0.25, -0.2) is 4.79 Å². The van der Waals surface area contributed by atoms with E-state index < -0.39 is 6.09 Å². The lowest BCUT2D eigenvalue weighted by atomic mass is 10.1. The van der Waals surface area contributed by atoms with Gasteiger partial charge in [-0.05, 0) is 27.2 Å². The zero-order chi connectivity index (χ0) is 11.7. The Morgan fingerprint density at radius 2 is 1.93 bits per heavy atom. The van der Waals surface area contributed by atoms with Crippen molar-refractivity contribution in [2.75, 3.05) is 26.4 Å². The number of hydrogen-bond acceptors (Lipinski definition) is 4. The summed E-state index contributed by atoms with van der Waals surface area (Å²) in [5.41, 5.74) is 4.54. The first-order valence-corrected chi connectivity index (χ1v) is 5.12. The number of hydrogen-bond donors (Lipinski definition) is 1. The third-order valence-corrected chi connectivity index (χ3v) is 1.87. The number of primary amides is 1. The molecule has 0 radical (unpaired) electrons. The SMILES string of the molecule is CCOCCC(C)(C)OCCOC(N)=O. The summed E-state index contributed by atoms with van der Waals surface area (Å²) in [4.78, 5) is 10.3. The Bertz CT molecular complexity index is 182. The van der Waals surface area contributed by atoms with Crippen LogP contribution in [0.1, 0.15) is 27.2 Å². The first kappa shape index (κ1) is 14.2. The Morgan fingerprint density at radius 1 is 1.27 bits per heavy atom. The predicted molar refractivity (Wildman–Crippen MR) is 56.7 cm³/mol. The lowest BCUT2D eigenvalue weighted by Crippen LogP contribution is -2.29. The Hall–Kier alpha value is -0.810. The Kier molecular flexibility index (Phi) is 7.07. The van der Waals surface area contributed by atoms with Crippen molar-refractivity contribution < 1.29 is 19.0 Å². The first-order chi connectivity index (χ1) is 6.98. The molecule has 0 aliphatic carbocycles. The zero-order valence-electron chi connectivity index (χ0n) is 9.75. The topological polar surface area (TPSA) is 70.8 Å². The normalized spacial score (nSPS) is 11.4. The number of amides is 1. The smallest absolute Gasteiger partial charge is 0.404 e. The lowest BCUT2D eigenvalue weighted by molar-refractivity contribution is -0.0527. The minimum absolute atomic E-state index is 0.188. The highest BCUT2D eigenvalue weighted by Crippen LogP contribution is 2.13. The summed E-state index contributed by atoms with van der Waals surface area (Å²) in [6, 6.07) is 0. The molecule has 1 amide bonds. The number of rotatable bonds is 8. The molecule has 90 valence electrons. The van der Waals surface area contributed by atoms with E-state index in [1.54, 1.807) is 0 Å². The third-order valence-electron chi connectivity index (χ3n) is 1.87. The summed E-state index contributed by atoms with van der Waals surface area (Å²) >= 11 is 0. The van der Waals surface area contributed by atoms with Crippen LogP contribution in [0.2, 0.25) is 0 Å². The second-order valence-electron chi connectivity index (χ2n) is 3.72. The lowest BCUT2D eigenvalue weighted by Gasteiger charge is -2.24. The average molecular weight is 219 g/mol. The first-order valence-electron chi connectivity index (χ1n) is 5.12. The molecule has 5 heteroatoms. The molecule has 0 fully saturated rings. The van der Waals surface area contributed by atoms with E-state index in [2.05, 4.69) is 4.74 Å². The molecular formula is C10H21NO4. The van der Waals surface area contributed by atoms with E-state index in [9.17, 15) is 4.79 Å². The molecule has 0 saturated carbocycles. The van der Waals surface area contributed by atoms with Gasteiger partial charge in [-0.15, -0.1) is 0 Å². The standard InChI is InChI=1S/C10H21NO4/c1-4-13-6-5-10(2,3)15-8-7-14-9(11)12/h4-8H2,1-3H3,(H2,11,12). The second kappa shape index (κ2) is 7.48. The van der Waals surface area contributed by atoms with Gasteiger partial charge in [0, 0.05) is 13.2 Å². The fourth-order valence-corrected chi connectivity index (χ4v) is 0.995. The van der Waals surface area contributed by atoms with Gasteiger partial charge in [0.15, 0.2) is 0 Å². The van der Waals surface area contributed by atoms with Gasteiger partial charge in [0.1, 0.15) is 6.61 Å². The fourth-order valence-electron chi connectivity index (χ4n) is 0.995. The highest BCUT2D eigenvalue weighted by Gasteiger charge is 2.17. The molecular weight excluding hydrogens is 198 g/mol. The van der Waals surface area contributed by atoms with E-state index in [0.29, 0.717) is 19.8 Å². The largest absolute Gasteiger partial charge is 0.447 e. The monoisotopic (exact) mass is 219 g/mol. The van der Waals surface area contributed by atoms with Crippen molar-refractivity contribution in [1.82, 2.24) is 0 Å². The van der Waals surface area contributed by atoms with Crippen molar-refractivity contribution in [1.29, 1.82) is 0 Å². The second-order valence-corrected chi connectivity index (χ2v) is 3.72. The molecule has 0 heterocycles.